The SMILES string of the molecule is CC(C)C(CO)C(=O)N(C)c1ccccn1. The molecule has 0 spiro atoms. The van der Waals surface area contributed by atoms with Crippen LogP contribution in [0.4, 0.5) is 5.82 Å². The van der Waals surface area contributed by atoms with Crippen LogP contribution in [0.3, 0.4) is 0 Å². The second-order valence-electron chi connectivity index (χ2n) is 4.12. The van der Waals surface area contributed by atoms with Gasteiger partial charge in [-0.1, -0.05) is 19.9 Å². The van der Waals surface area contributed by atoms with Gasteiger partial charge in [-0.15, -0.1) is 0 Å². The van der Waals surface area contributed by atoms with E-state index in [2.05, 4.69) is 4.98 Å². The van der Waals surface area contributed by atoms with E-state index in [0.717, 1.165) is 0 Å². The van der Waals surface area contributed by atoms with E-state index in [0.29, 0.717) is 5.82 Å². The molecule has 1 amide bonds. The molecule has 0 aliphatic heterocycles. The number of carbonyl (C=O) groups is 1. The minimum absolute atomic E-state index is 0.101. The molecule has 1 aromatic rings. The van der Waals surface area contributed by atoms with Crippen molar-refractivity contribution in [3.63, 3.8) is 0 Å². The van der Waals surface area contributed by atoms with Crippen LogP contribution in [-0.2, 0) is 4.79 Å². The lowest BCUT2D eigenvalue weighted by atomic mass is 9.95. The highest BCUT2D eigenvalue weighted by Gasteiger charge is 2.25. The fourth-order valence-electron chi connectivity index (χ4n) is 1.49. The van der Waals surface area contributed by atoms with Gasteiger partial charge in [-0.05, 0) is 18.1 Å². The number of aliphatic hydroxyl groups is 1. The third-order valence-corrected chi connectivity index (χ3v) is 2.64. The zero-order valence-electron chi connectivity index (χ0n) is 9.92. The number of rotatable bonds is 4. The Hall–Kier alpha value is -1.42. The first-order chi connectivity index (χ1) is 7.57. The average Bonchev–Trinajstić information content (AvgIpc) is 2.29. The van der Waals surface area contributed by atoms with Crippen molar-refractivity contribution in [2.24, 2.45) is 11.8 Å². The average molecular weight is 222 g/mol. The van der Waals surface area contributed by atoms with Crippen LogP contribution >= 0.6 is 0 Å². The first-order valence-electron chi connectivity index (χ1n) is 5.37. The van der Waals surface area contributed by atoms with Gasteiger partial charge in [-0.3, -0.25) is 9.69 Å². The quantitative estimate of drug-likeness (QED) is 0.835. The zero-order valence-corrected chi connectivity index (χ0v) is 9.92. The fraction of sp³-hybridized carbons (Fsp3) is 0.500. The van der Waals surface area contributed by atoms with E-state index in [-0.39, 0.29) is 24.3 Å². The minimum atomic E-state index is -0.369. The highest BCUT2D eigenvalue weighted by Crippen LogP contribution is 2.16. The molecule has 16 heavy (non-hydrogen) atoms. The van der Waals surface area contributed by atoms with Crippen LogP contribution in [0.25, 0.3) is 0 Å². The smallest absolute Gasteiger partial charge is 0.233 e. The number of hydrogen-bond acceptors (Lipinski definition) is 3. The van der Waals surface area contributed by atoms with E-state index < -0.39 is 0 Å². The molecule has 1 rings (SSSR count). The lowest BCUT2D eigenvalue weighted by Crippen LogP contribution is -2.37. The predicted molar refractivity (Wildman–Crippen MR) is 63.1 cm³/mol. The van der Waals surface area contributed by atoms with Crippen molar-refractivity contribution < 1.29 is 9.90 Å². The van der Waals surface area contributed by atoms with Crippen molar-refractivity contribution in [3.05, 3.63) is 24.4 Å². The molecule has 1 unspecified atom stereocenters. The summed E-state index contributed by atoms with van der Waals surface area (Å²) in [5.41, 5.74) is 0. The number of aromatic nitrogens is 1. The molecule has 0 bridgehead atoms. The third kappa shape index (κ3) is 2.79. The van der Waals surface area contributed by atoms with E-state index in [9.17, 15) is 9.90 Å². The normalized spacial score (nSPS) is 12.6. The lowest BCUT2D eigenvalue weighted by molar-refractivity contribution is -0.124. The molecule has 0 fully saturated rings. The highest BCUT2D eigenvalue weighted by atomic mass is 16.3. The van der Waals surface area contributed by atoms with Gasteiger partial charge in [0.1, 0.15) is 5.82 Å². The van der Waals surface area contributed by atoms with Gasteiger partial charge < -0.3 is 5.11 Å². The van der Waals surface area contributed by atoms with Gasteiger partial charge in [0.15, 0.2) is 0 Å². The van der Waals surface area contributed by atoms with E-state index in [4.69, 9.17) is 0 Å². The highest BCUT2D eigenvalue weighted by molar-refractivity contribution is 5.93. The van der Waals surface area contributed by atoms with Crippen molar-refractivity contribution in [2.75, 3.05) is 18.6 Å². The van der Waals surface area contributed by atoms with E-state index >= 15 is 0 Å². The first kappa shape index (κ1) is 12.6. The fourth-order valence-corrected chi connectivity index (χ4v) is 1.49. The molecule has 0 radical (unpaired) electrons. The monoisotopic (exact) mass is 222 g/mol. The molecule has 0 aliphatic rings. The summed E-state index contributed by atoms with van der Waals surface area (Å²) in [7, 11) is 1.68. The standard InChI is InChI=1S/C12H18N2O2/c1-9(2)10(8-15)12(16)14(3)11-6-4-5-7-13-11/h4-7,9-10,15H,8H2,1-3H3. The van der Waals surface area contributed by atoms with Crippen molar-refractivity contribution in [1.82, 2.24) is 4.98 Å². The number of carbonyl (C=O) groups excluding carboxylic acids is 1. The molecule has 4 heteroatoms. The number of nitrogens with zero attached hydrogens (tertiary/aromatic N) is 2. The second kappa shape index (κ2) is 5.61. The molecule has 0 saturated heterocycles. The summed E-state index contributed by atoms with van der Waals surface area (Å²) >= 11 is 0. The summed E-state index contributed by atoms with van der Waals surface area (Å²) in [6.07, 6.45) is 1.64. The van der Waals surface area contributed by atoms with Gasteiger partial charge in [0.25, 0.3) is 0 Å². The zero-order chi connectivity index (χ0) is 12.1. The van der Waals surface area contributed by atoms with Crippen LogP contribution in [-0.4, -0.2) is 29.7 Å². The van der Waals surface area contributed by atoms with Crippen LogP contribution < -0.4 is 4.90 Å². The van der Waals surface area contributed by atoms with Crippen LogP contribution in [0.15, 0.2) is 24.4 Å². The predicted octanol–water partition coefficient (Wildman–Crippen LogP) is 1.31. The molecule has 1 aromatic heterocycles. The summed E-state index contributed by atoms with van der Waals surface area (Å²) in [6, 6.07) is 5.40. The second-order valence-corrected chi connectivity index (χ2v) is 4.12. The Morgan fingerprint density at radius 1 is 1.50 bits per heavy atom. The molecular weight excluding hydrogens is 204 g/mol. The Kier molecular flexibility index (Phi) is 4.43. The Bertz CT molecular complexity index is 338. The molecule has 0 aromatic carbocycles. The Morgan fingerprint density at radius 2 is 2.19 bits per heavy atom. The van der Waals surface area contributed by atoms with Crippen LogP contribution in [0.2, 0.25) is 0 Å². The molecule has 1 atom stereocenters. The van der Waals surface area contributed by atoms with Crippen molar-refractivity contribution >= 4 is 11.7 Å². The Morgan fingerprint density at radius 3 is 2.62 bits per heavy atom. The molecule has 0 saturated carbocycles. The lowest BCUT2D eigenvalue weighted by Gasteiger charge is -2.24. The molecule has 4 nitrogen and oxygen atoms in total. The number of anilines is 1. The summed E-state index contributed by atoms with van der Waals surface area (Å²) in [6.45, 7) is 3.71. The van der Waals surface area contributed by atoms with Gasteiger partial charge in [0, 0.05) is 13.2 Å². The van der Waals surface area contributed by atoms with E-state index in [1.54, 1.807) is 25.4 Å². The van der Waals surface area contributed by atoms with Crippen molar-refractivity contribution in [1.29, 1.82) is 0 Å². The van der Waals surface area contributed by atoms with Gasteiger partial charge in [0.05, 0.1) is 12.5 Å². The summed E-state index contributed by atoms with van der Waals surface area (Å²) in [4.78, 5) is 17.6. The Labute approximate surface area is 95.9 Å². The maximum Gasteiger partial charge on any atom is 0.233 e. The Balaban J connectivity index is 2.81. The molecule has 1 heterocycles. The van der Waals surface area contributed by atoms with Gasteiger partial charge in [-0.25, -0.2) is 4.98 Å². The van der Waals surface area contributed by atoms with Crippen LogP contribution in [0.5, 0.6) is 0 Å². The third-order valence-electron chi connectivity index (χ3n) is 2.64. The molecule has 88 valence electrons. The maximum atomic E-state index is 12.0. The molecular formula is C12H18N2O2. The summed E-state index contributed by atoms with van der Waals surface area (Å²) in [5, 5.41) is 9.19. The number of aliphatic hydroxyl groups excluding tert-OH is 1. The minimum Gasteiger partial charge on any atom is -0.396 e. The van der Waals surface area contributed by atoms with E-state index in [1.807, 2.05) is 19.9 Å². The largest absolute Gasteiger partial charge is 0.396 e. The number of hydrogen-bond donors (Lipinski definition) is 1. The molecule has 0 aliphatic carbocycles. The molecule has 1 N–H and O–H groups in total. The van der Waals surface area contributed by atoms with Crippen molar-refractivity contribution in [3.8, 4) is 0 Å². The van der Waals surface area contributed by atoms with Gasteiger partial charge >= 0.3 is 0 Å². The van der Waals surface area contributed by atoms with Crippen LogP contribution in [0, 0.1) is 11.8 Å². The summed E-state index contributed by atoms with van der Waals surface area (Å²) in [5.74, 6) is 0.249. The van der Waals surface area contributed by atoms with E-state index in [1.165, 1.54) is 4.90 Å². The summed E-state index contributed by atoms with van der Waals surface area (Å²) < 4.78 is 0. The topological polar surface area (TPSA) is 53.4 Å². The maximum absolute atomic E-state index is 12.0. The number of amides is 1. The van der Waals surface area contributed by atoms with Crippen molar-refractivity contribution in [2.45, 2.75) is 13.8 Å². The number of pyridine rings is 1. The van der Waals surface area contributed by atoms with Crippen LogP contribution in [0.1, 0.15) is 13.8 Å². The first-order valence-corrected chi connectivity index (χ1v) is 5.37. The van der Waals surface area contributed by atoms with Gasteiger partial charge in [0.2, 0.25) is 5.91 Å². The van der Waals surface area contributed by atoms with Gasteiger partial charge in [-0.2, -0.15) is 0 Å².